The van der Waals surface area contributed by atoms with Crippen LogP contribution in [-0.2, 0) is 19.6 Å². The van der Waals surface area contributed by atoms with Crippen LogP contribution in [0.4, 0.5) is 0 Å². The van der Waals surface area contributed by atoms with Crippen LogP contribution in [0.2, 0.25) is 5.02 Å². The number of rotatable bonds is 4. The Kier molecular flexibility index (Phi) is 5.04. The van der Waals surface area contributed by atoms with Crippen molar-refractivity contribution in [2.24, 2.45) is 0 Å². The van der Waals surface area contributed by atoms with Crippen molar-refractivity contribution in [3.63, 3.8) is 0 Å². The molecule has 0 saturated carbocycles. The number of piperazine rings is 1. The molecule has 2 saturated heterocycles. The van der Waals surface area contributed by atoms with E-state index in [0.717, 1.165) is 0 Å². The molecule has 0 radical (unpaired) electrons. The van der Waals surface area contributed by atoms with Crippen molar-refractivity contribution in [2.45, 2.75) is 49.2 Å². The molecule has 2 aliphatic heterocycles. The molecule has 136 valence electrons. The maximum absolute atomic E-state index is 12.5. The minimum absolute atomic E-state index is 0.0916. The van der Waals surface area contributed by atoms with Gasteiger partial charge in [-0.2, -0.15) is 0 Å². The second kappa shape index (κ2) is 6.93. The quantitative estimate of drug-likeness (QED) is 0.804. The summed E-state index contributed by atoms with van der Waals surface area (Å²) in [6.45, 7) is 2.21. The van der Waals surface area contributed by atoms with E-state index in [0.29, 0.717) is 24.4 Å². The lowest BCUT2D eigenvalue weighted by molar-refractivity contribution is -0.151. The second-order valence-corrected chi connectivity index (χ2v) is 8.46. The third-order valence-electron chi connectivity index (χ3n) is 4.66. The summed E-state index contributed by atoms with van der Waals surface area (Å²) in [7, 11) is -3.70. The number of benzene rings is 1. The first-order valence-corrected chi connectivity index (χ1v) is 10.1. The van der Waals surface area contributed by atoms with Crippen LogP contribution in [0.15, 0.2) is 29.2 Å². The molecule has 1 aromatic rings. The molecule has 2 heterocycles. The summed E-state index contributed by atoms with van der Waals surface area (Å²) in [5, 5.41) is 3.17. The van der Waals surface area contributed by atoms with Crippen molar-refractivity contribution in [1.82, 2.24) is 14.9 Å². The molecule has 0 bridgehead atoms. The van der Waals surface area contributed by atoms with Crippen molar-refractivity contribution < 1.29 is 18.0 Å². The van der Waals surface area contributed by atoms with Gasteiger partial charge in [0, 0.05) is 17.6 Å². The first-order chi connectivity index (χ1) is 11.8. The highest BCUT2D eigenvalue weighted by molar-refractivity contribution is 7.89. The monoisotopic (exact) mass is 385 g/mol. The number of carbonyl (C=O) groups excluding carboxylic acids is 2. The number of carbonyl (C=O) groups is 2. The van der Waals surface area contributed by atoms with Gasteiger partial charge in [0.2, 0.25) is 21.8 Å². The highest BCUT2D eigenvalue weighted by Gasteiger charge is 2.43. The fraction of sp³-hybridized carbons (Fsp3) is 0.500. The number of sulfonamides is 1. The molecule has 3 atom stereocenters. The Bertz CT molecular complexity index is 781. The van der Waals surface area contributed by atoms with Crippen LogP contribution in [0, 0.1) is 0 Å². The van der Waals surface area contributed by atoms with Crippen LogP contribution in [0.3, 0.4) is 0 Å². The molecule has 0 aromatic heterocycles. The summed E-state index contributed by atoms with van der Waals surface area (Å²) in [6.07, 6.45) is 1.28. The van der Waals surface area contributed by atoms with Crippen molar-refractivity contribution in [3.05, 3.63) is 29.3 Å². The number of amides is 2. The Morgan fingerprint density at radius 1 is 1.28 bits per heavy atom. The summed E-state index contributed by atoms with van der Waals surface area (Å²) in [6, 6.07) is 4.38. The predicted octanol–water partition coefficient (Wildman–Crippen LogP) is 0.886. The van der Waals surface area contributed by atoms with Crippen LogP contribution in [-0.4, -0.2) is 49.8 Å². The van der Waals surface area contributed by atoms with Gasteiger partial charge in [0.1, 0.15) is 12.1 Å². The van der Waals surface area contributed by atoms with Gasteiger partial charge in [0.05, 0.1) is 4.90 Å². The molecular weight excluding hydrogens is 366 g/mol. The van der Waals surface area contributed by atoms with E-state index in [-0.39, 0.29) is 23.1 Å². The van der Waals surface area contributed by atoms with E-state index >= 15 is 0 Å². The number of fused-ring (bicyclic) bond motifs is 1. The smallest absolute Gasteiger partial charge is 0.245 e. The van der Waals surface area contributed by atoms with E-state index in [9.17, 15) is 18.0 Å². The predicted molar refractivity (Wildman–Crippen MR) is 92.5 cm³/mol. The highest BCUT2D eigenvalue weighted by Crippen LogP contribution is 2.24. The molecule has 2 aliphatic rings. The SMILES string of the molecule is CC[C@@H]1NC(=O)[C@@H]2C[C@@H](NS(=O)(=O)c3ccc(Cl)cc3)CCN2C1=O. The largest absolute Gasteiger partial charge is 0.343 e. The Hall–Kier alpha value is -1.64. The van der Waals surface area contributed by atoms with E-state index in [4.69, 9.17) is 11.6 Å². The van der Waals surface area contributed by atoms with E-state index in [2.05, 4.69) is 10.0 Å². The molecule has 3 rings (SSSR count). The summed E-state index contributed by atoms with van der Waals surface area (Å²) in [5.41, 5.74) is 0. The van der Waals surface area contributed by atoms with E-state index < -0.39 is 28.1 Å². The van der Waals surface area contributed by atoms with E-state index in [1.807, 2.05) is 6.92 Å². The zero-order valence-electron chi connectivity index (χ0n) is 13.7. The Morgan fingerprint density at radius 2 is 1.96 bits per heavy atom. The molecule has 2 fully saturated rings. The average Bonchev–Trinajstić information content (AvgIpc) is 2.58. The minimum Gasteiger partial charge on any atom is -0.343 e. The van der Waals surface area contributed by atoms with Crippen molar-refractivity contribution in [2.75, 3.05) is 6.54 Å². The molecule has 2 amide bonds. The lowest BCUT2D eigenvalue weighted by atomic mass is 9.93. The number of nitrogens with zero attached hydrogens (tertiary/aromatic N) is 1. The van der Waals surface area contributed by atoms with Crippen molar-refractivity contribution in [1.29, 1.82) is 0 Å². The fourth-order valence-electron chi connectivity index (χ4n) is 3.29. The Labute approximate surface area is 151 Å². The molecular formula is C16H20ClN3O4S. The lowest BCUT2D eigenvalue weighted by Gasteiger charge is -2.43. The van der Waals surface area contributed by atoms with Gasteiger partial charge in [-0.25, -0.2) is 13.1 Å². The molecule has 0 unspecified atom stereocenters. The normalized spacial score (nSPS) is 27.0. The van der Waals surface area contributed by atoms with Crippen LogP contribution in [0.25, 0.3) is 0 Å². The third-order valence-corrected chi connectivity index (χ3v) is 6.45. The zero-order chi connectivity index (χ0) is 18.2. The van der Waals surface area contributed by atoms with Gasteiger partial charge in [-0.3, -0.25) is 9.59 Å². The van der Waals surface area contributed by atoms with E-state index in [1.165, 1.54) is 24.3 Å². The summed E-state index contributed by atoms with van der Waals surface area (Å²) >= 11 is 5.79. The zero-order valence-corrected chi connectivity index (χ0v) is 15.3. The lowest BCUT2D eigenvalue weighted by Crippen LogP contribution is -2.66. The van der Waals surface area contributed by atoms with Gasteiger partial charge in [-0.05, 0) is 43.5 Å². The molecule has 9 heteroatoms. The number of piperidine rings is 1. The highest BCUT2D eigenvalue weighted by atomic mass is 35.5. The summed E-state index contributed by atoms with van der Waals surface area (Å²) in [5.74, 6) is -0.312. The van der Waals surface area contributed by atoms with Crippen molar-refractivity contribution >= 4 is 33.4 Å². The maximum atomic E-state index is 12.5. The van der Waals surface area contributed by atoms with Crippen LogP contribution in [0.1, 0.15) is 26.2 Å². The first-order valence-electron chi connectivity index (χ1n) is 8.20. The van der Waals surface area contributed by atoms with Gasteiger partial charge >= 0.3 is 0 Å². The number of halogens is 1. The van der Waals surface area contributed by atoms with Gasteiger partial charge in [0.25, 0.3) is 0 Å². The van der Waals surface area contributed by atoms with Gasteiger partial charge in [-0.15, -0.1) is 0 Å². The van der Waals surface area contributed by atoms with Gasteiger partial charge in [0.15, 0.2) is 0 Å². The number of hydrogen-bond donors (Lipinski definition) is 2. The van der Waals surface area contributed by atoms with E-state index in [1.54, 1.807) is 4.90 Å². The topological polar surface area (TPSA) is 95.6 Å². The molecule has 0 spiro atoms. The molecule has 7 nitrogen and oxygen atoms in total. The fourth-order valence-corrected chi connectivity index (χ4v) is 4.70. The summed E-state index contributed by atoms with van der Waals surface area (Å²) in [4.78, 5) is 26.3. The number of nitrogens with one attached hydrogen (secondary N) is 2. The van der Waals surface area contributed by atoms with Gasteiger partial charge in [-0.1, -0.05) is 18.5 Å². The molecule has 1 aromatic carbocycles. The molecule has 0 aliphatic carbocycles. The Balaban J connectivity index is 1.71. The summed E-state index contributed by atoms with van der Waals surface area (Å²) < 4.78 is 27.6. The second-order valence-electron chi connectivity index (χ2n) is 6.31. The number of hydrogen-bond acceptors (Lipinski definition) is 4. The first kappa shape index (κ1) is 18.2. The average molecular weight is 386 g/mol. The molecule has 2 N–H and O–H groups in total. The van der Waals surface area contributed by atoms with Crippen LogP contribution < -0.4 is 10.0 Å². The minimum atomic E-state index is -3.70. The Morgan fingerprint density at radius 3 is 2.60 bits per heavy atom. The third kappa shape index (κ3) is 3.65. The van der Waals surface area contributed by atoms with Gasteiger partial charge < -0.3 is 10.2 Å². The van der Waals surface area contributed by atoms with Crippen LogP contribution in [0.5, 0.6) is 0 Å². The standard InChI is InChI=1S/C16H20ClN3O4S/c1-2-13-16(22)20-8-7-11(9-14(20)15(21)18-13)19-25(23,24)12-5-3-10(17)4-6-12/h3-6,11,13-14,19H,2,7-9H2,1H3,(H,18,21)/t11-,13-,14-/m0/s1. The maximum Gasteiger partial charge on any atom is 0.245 e. The molecule has 25 heavy (non-hydrogen) atoms. The van der Waals surface area contributed by atoms with Crippen LogP contribution >= 0.6 is 11.6 Å². The van der Waals surface area contributed by atoms with Crippen molar-refractivity contribution in [3.8, 4) is 0 Å².